The molecule has 1 rings (SSSR count). The Morgan fingerprint density at radius 2 is 1.93 bits per heavy atom. The Morgan fingerprint density at radius 3 is 2.53 bits per heavy atom. The lowest BCUT2D eigenvalue weighted by Crippen LogP contribution is -2.40. The molecule has 0 radical (unpaired) electrons. The molecule has 0 bridgehead atoms. The number of nitrogens with zero attached hydrogens (tertiary/aromatic N) is 1. The van der Waals surface area contributed by atoms with Crippen LogP contribution in [0.5, 0.6) is 0 Å². The maximum atomic E-state index is 3.72. The summed E-state index contributed by atoms with van der Waals surface area (Å²) in [7, 11) is 4.29. The molecule has 0 aromatic carbocycles. The first kappa shape index (κ1) is 13.0. The molecule has 15 heavy (non-hydrogen) atoms. The van der Waals surface area contributed by atoms with Crippen LogP contribution in [-0.4, -0.2) is 38.1 Å². The molecule has 0 aliphatic heterocycles. The zero-order chi connectivity index (χ0) is 11.3. The fraction of sp³-hybridized carbons (Fsp3) is 1.00. The Bertz CT molecular complexity index is 168. The van der Waals surface area contributed by atoms with E-state index in [4.69, 9.17) is 0 Å². The molecule has 0 aromatic heterocycles. The molecule has 2 nitrogen and oxygen atoms in total. The summed E-state index contributed by atoms with van der Waals surface area (Å²) in [5, 5.41) is 3.72. The topological polar surface area (TPSA) is 15.3 Å². The minimum atomic E-state index is 0.781. The van der Waals surface area contributed by atoms with Crippen LogP contribution in [0.1, 0.15) is 39.5 Å². The Kier molecular flexibility index (Phi) is 5.62. The van der Waals surface area contributed by atoms with Crippen LogP contribution < -0.4 is 5.32 Å². The van der Waals surface area contributed by atoms with Crippen LogP contribution in [0.2, 0.25) is 0 Å². The normalized spacial score (nSPS) is 32.2. The standard InChI is InChI=1S/C13H28N2/c1-11-6-7-13(12(2)10-11)14-8-5-9-15(3)4/h11-14H,5-10H2,1-4H3. The van der Waals surface area contributed by atoms with Gasteiger partial charge in [0, 0.05) is 6.04 Å². The Balaban J connectivity index is 2.10. The van der Waals surface area contributed by atoms with Crippen molar-refractivity contribution in [3.05, 3.63) is 0 Å². The van der Waals surface area contributed by atoms with Crippen molar-refractivity contribution in [2.24, 2.45) is 11.8 Å². The maximum absolute atomic E-state index is 3.72. The first-order valence-electron chi connectivity index (χ1n) is 6.47. The van der Waals surface area contributed by atoms with Gasteiger partial charge < -0.3 is 10.2 Å². The molecule has 1 fully saturated rings. The molecular formula is C13H28N2. The van der Waals surface area contributed by atoms with Gasteiger partial charge in [0.05, 0.1) is 0 Å². The maximum Gasteiger partial charge on any atom is 0.00928 e. The van der Waals surface area contributed by atoms with E-state index in [-0.39, 0.29) is 0 Å². The van der Waals surface area contributed by atoms with E-state index in [2.05, 4.69) is 38.2 Å². The van der Waals surface area contributed by atoms with Gasteiger partial charge in [0.15, 0.2) is 0 Å². The van der Waals surface area contributed by atoms with E-state index in [0.29, 0.717) is 0 Å². The first-order chi connectivity index (χ1) is 7.09. The summed E-state index contributed by atoms with van der Waals surface area (Å²) in [4.78, 5) is 2.26. The average molecular weight is 212 g/mol. The van der Waals surface area contributed by atoms with Crippen LogP contribution in [0.25, 0.3) is 0 Å². The third-order valence-electron chi connectivity index (χ3n) is 3.62. The van der Waals surface area contributed by atoms with Crippen molar-refractivity contribution in [3.8, 4) is 0 Å². The van der Waals surface area contributed by atoms with E-state index in [1.54, 1.807) is 0 Å². The van der Waals surface area contributed by atoms with Gasteiger partial charge >= 0.3 is 0 Å². The summed E-state index contributed by atoms with van der Waals surface area (Å²) in [6, 6.07) is 0.781. The smallest absolute Gasteiger partial charge is 0.00928 e. The van der Waals surface area contributed by atoms with Crippen LogP contribution in [0.15, 0.2) is 0 Å². The third kappa shape index (κ3) is 4.98. The first-order valence-corrected chi connectivity index (χ1v) is 6.47. The highest BCUT2D eigenvalue weighted by molar-refractivity contribution is 4.80. The van der Waals surface area contributed by atoms with E-state index in [0.717, 1.165) is 17.9 Å². The highest BCUT2D eigenvalue weighted by Crippen LogP contribution is 2.28. The SMILES string of the molecule is CC1CCC(NCCCN(C)C)C(C)C1. The van der Waals surface area contributed by atoms with Crippen molar-refractivity contribution < 1.29 is 0 Å². The second kappa shape index (κ2) is 6.49. The van der Waals surface area contributed by atoms with Crippen molar-refractivity contribution in [3.63, 3.8) is 0 Å². The van der Waals surface area contributed by atoms with Gasteiger partial charge in [-0.15, -0.1) is 0 Å². The van der Waals surface area contributed by atoms with Gasteiger partial charge in [0.25, 0.3) is 0 Å². The lowest BCUT2D eigenvalue weighted by Gasteiger charge is -2.33. The number of hydrogen-bond donors (Lipinski definition) is 1. The molecule has 1 N–H and O–H groups in total. The van der Waals surface area contributed by atoms with Crippen molar-refractivity contribution >= 4 is 0 Å². The quantitative estimate of drug-likeness (QED) is 0.704. The zero-order valence-corrected chi connectivity index (χ0v) is 10.9. The van der Waals surface area contributed by atoms with E-state index in [1.807, 2.05) is 0 Å². The summed E-state index contributed by atoms with van der Waals surface area (Å²) in [6.45, 7) is 7.17. The van der Waals surface area contributed by atoms with Crippen LogP contribution in [-0.2, 0) is 0 Å². The largest absolute Gasteiger partial charge is 0.314 e. The molecule has 0 spiro atoms. The summed E-state index contributed by atoms with van der Waals surface area (Å²) >= 11 is 0. The molecule has 90 valence electrons. The van der Waals surface area contributed by atoms with E-state index in [9.17, 15) is 0 Å². The summed E-state index contributed by atoms with van der Waals surface area (Å²) < 4.78 is 0. The van der Waals surface area contributed by atoms with Crippen LogP contribution >= 0.6 is 0 Å². The Morgan fingerprint density at radius 1 is 1.20 bits per heavy atom. The summed E-state index contributed by atoms with van der Waals surface area (Å²) in [5.41, 5.74) is 0. The Labute approximate surface area is 95.4 Å². The molecule has 1 aliphatic rings. The van der Waals surface area contributed by atoms with Gasteiger partial charge in [-0.3, -0.25) is 0 Å². The van der Waals surface area contributed by atoms with Crippen molar-refractivity contribution in [1.29, 1.82) is 0 Å². The van der Waals surface area contributed by atoms with Crippen molar-refractivity contribution in [2.75, 3.05) is 27.2 Å². The highest BCUT2D eigenvalue weighted by atomic mass is 15.1. The average Bonchev–Trinajstić information content (AvgIpc) is 2.14. The van der Waals surface area contributed by atoms with Gasteiger partial charge in [-0.1, -0.05) is 13.8 Å². The second-order valence-corrected chi connectivity index (χ2v) is 5.61. The van der Waals surface area contributed by atoms with Gasteiger partial charge in [-0.05, 0) is 64.7 Å². The summed E-state index contributed by atoms with van der Waals surface area (Å²) in [5.74, 6) is 1.81. The molecule has 3 atom stereocenters. The molecule has 0 heterocycles. The highest BCUT2D eigenvalue weighted by Gasteiger charge is 2.24. The molecule has 0 aromatic rings. The minimum Gasteiger partial charge on any atom is -0.314 e. The molecular weight excluding hydrogens is 184 g/mol. The van der Waals surface area contributed by atoms with Gasteiger partial charge in [-0.25, -0.2) is 0 Å². The van der Waals surface area contributed by atoms with E-state index >= 15 is 0 Å². The van der Waals surface area contributed by atoms with Gasteiger partial charge in [0.2, 0.25) is 0 Å². The lowest BCUT2D eigenvalue weighted by molar-refractivity contribution is 0.226. The monoisotopic (exact) mass is 212 g/mol. The number of hydrogen-bond acceptors (Lipinski definition) is 2. The molecule has 3 unspecified atom stereocenters. The van der Waals surface area contributed by atoms with Crippen molar-refractivity contribution in [1.82, 2.24) is 10.2 Å². The van der Waals surface area contributed by atoms with Crippen LogP contribution in [0, 0.1) is 11.8 Å². The lowest BCUT2D eigenvalue weighted by atomic mass is 9.80. The predicted molar refractivity (Wildman–Crippen MR) is 67.1 cm³/mol. The predicted octanol–water partition coefficient (Wildman–Crippen LogP) is 2.35. The van der Waals surface area contributed by atoms with E-state index < -0.39 is 0 Å². The molecule has 0 saturated heterocycles. The van der Waals surface area contributed by atoms with Crippen molar-refractivity contribution in [2.45, 2.75) is 45.6 Å². The third-order valence-corrected chi connectivity index (χ3v) is 3.62. The second-order valence-electron chi connectivity index (χ2n) is 5.61. The Hall–Kier alpha value is -0.0800. The van der Waals surface area contributed by atoms with E-state index in [1.165, 1.54) is 38.8 Å². The molecule has 0 amide bonds. The zero-order valence-electron chi connectivity index (χ0n) is 10.9. The van der Waals surface area contributed by atoms with Gasteiger partial charge in [0.1, 0.15) is 0 Å². The van der Waals surface area contributed by atoms with Crippen LogP contribution in [0.3, 0.4) is 0 Å². The fourth-order valence-electron chi connectivity index (χ4n) is 2.65. The fourth-order valence-corrected chi connectivity index (χ4v) is 2.65. The number of nitrogens with one attached hydrogen (secondary N) is 1. The molecule has 1 aliphatic carbocycles. The molecule has 1 saturated carbocycles. The summed E-state index contributed by atoms with van der Waals surface area (Å²) in [6.07, 6.45) is 5.47. The minimum absolute atomic E-state index is 0.781. The van der Waals surface area contributed by atoms with Crippen LogP contribution in [0.4, 0.5) is 0 Å². The molecule has 2 heteroatoms. The number of rotatable bonds is 5. The van der Waals surface area contributed by atoms with Gasteiger partial charge in [-0.2, -0.15) is 0 Å².